The molecule has 138 valence electrons. The predicted octanol–water partition coefficient (Wildman–Crippen LogP) is 5.53. The number of nitrogens with one attached hydrogen (secondary N) is 1. The van der Waals surface area contributed by atoms with Crippen molar-refractivity contribution < 1.29 is 19.4 Å². The van der Waals surface area contributed by atoms with Crippen molar-refractivity contribution in [2.24, 2.45) is 0 Å². The number of aromatic hydroxyl groups is 1. The molecule has 0 bridgehead atoms. The van der Waals surface area contributed by atoms with Crippen molar-refractivity contribution >= 4 is 40.6 Å². The van der Waals surface area contributed by atoms with Crippen molar-refractivity contribution in [2.45, 2.75) is 33.1 Å². The highest BCUT2D eigenvalue weighted by molar-refractivity contribution is 6.37. The van der Waals surface area contributed by atoms with Gasteiger partial charge in [0, 0.05) is 11.3 Å². The Labute approximate surface area is 161 Å². The molecule has 0 fully saturated rings. The summed E-state index contributed by atoms with van der Waals surface area (Å²) < 4.78 is 5.77. The molecule has 0 saturated carbocycles. The fourth-order valence-corrected chi connectivity index (χ4v) is 2.90. The van der Waals surface area contributed by atoms with Crippen LogP contribution in [0.5, 0.6) is 17.2 Å². The Hall–Kier alpha value is -2.24. The molecular formula is C19H19Cl2NO4. The van der Waals surface area contributed by atoms with Crippen LogP contribution in [0, 0.1) is 0 Å². The van der Waals surface area contributed by atoms with Crippen LogP contribution in [0.4, 0.5) is 5.69 Å². The lowest BCUT2D eigenvalue weighted by Gasteiger charge is -2.14. The molecule has 2 rings (SSSR count). The van der Waals surface area contributed by atoms with E-state index in [9.17, 15) is 14.7 Å². The van der Waals surface area contributed by atoms with Crippen LogP contribution < -0.4 is 10.1 Å². The summed E-state index contributed by atoms with van der Waals surface area (Å²) in [4.78, 5) is 22.7. The number of hydrogen-bond acceptors (Lipinski definition) is 4. The summed E-state index contributed by atoms with van der Waals surface area (Å²) in [6.07, 6.45) is -0.223. The monoisotopic (exact) mass is 395 g/mol. The Balaban J connectivity index is 2.25. The van der Waals surface area contributed by atoms with E-state index in [1.165, 1.54) is 19.1 Å². The molecule has 1 amide bonds. The van der Waals surface area contributed by atoms with E-state index >= 15 is 0 Å². The molecule has 2 N–H and O–H groups in total. The molecule has 0 unspecified atom stereocenters. The fourth-order valence-electron chi connectivity index (χ4n) is 2.34. The smallest absolute Gasteiger partial charge is 0.231 e. The Morgan fingerprint density at radius 3 is 2.31 bits per heavy atom. The summed E-state index contributed by atoms with van der Waals surface area (Å²) in [5, 5.41) is 12.9. The number of anilines is 1. The van der Waals surface area contributed by atoms with Crippen LogP contribution in [0.25, 0.3) is 0 Å². The van der Waals surface area contributed by atoms with E-state index < -0.39 is 5.91 Å². The van der Waals surface area contributed by atoms with Crippen LogP contribution in [0.1, 0.15) is 38.7 Å². The van der Waals surface area contributed by atoms with Crippen molar-refractivity contribution in [3.8, 4) is 17.2 Å². The molecule has 5 nitrogen and oxygen atoms in total. The van der Waals surface area contributed by atoms with Gasteiger partial charge in [-0.3, -0.25) is 9.59 Å². The molecule has 2 aromatic carbocycles. The zero-order valence-electron chi connectivity index (χ0n) is 14.6. The molecular weight excluding hydrogens is 377 g/mol. The van der Waals surface area contributed by atoms with E-state index in [2.05, 4.69) is 5.32 Å². The maximum atomic E-state index is 11.7. The average molecular weight is 396 g/mol. The molecule has 0 heterocycles. The number of hydrogen-bond donors (Lipinski definition) is 2. The van der Waals surface area contributed by atoms with E-state index in [4.69, 9.17) is 27.9 Å². The minimum Gasteiger partial charge on any atom is -0.508 e. The van der Waals surface area contributed by atoms with E-state index in [0.717, 1.165) is 5.56 Å². The molecule has 2 aromatic rings. The number of phenolic OH excluding ortho intramolecular Hbond substituents is 1. The standard InChI is InChI=1S/C19H19Cl2NO4/c1-10(2)14-9-13(4-5-17(14)24)26-19-15(20)7-12(8-16(19)21)22-18(25)6-11(3)23/h4-5,7-10,24H,6H2,1-3H3,(H,22,25). The van der Waals surface area contributed by atoms with Gasteiger partial charge in [-0.15, -0.1) is 0 Å². The summed E-state index contributed by atoms with van der Waals surface area (Å²) in [6.45, 7) is 5.24. The second-order valence-electron chi connectivity index (χ2n) is 6.17. The Morgan fingerprint density at radius 2 is 1.77 bits per heavy atom. The van der Waals surface area contributed by atoms with Crippen molar-refractivity contribution in [2.75, 3.05) is 5.32 Å². The van der Waals surface area contributed by atoms with Gasteiger partial charge >= 0.3 is 0 Å². The zero-order valence-corrected chi connectivity index (χ0v) is 16.1. The number of carbonyl (C=O) groups is 2. The average Bonchev–Trinajstić information content (AvgIpc) is 2.51. The number of halogens is 2. The SMILES string of the molecule is CC(=O)CC(=O)Nc1cc(Cl)c(Oc2ccc(O)c(C(C)C)c2)c(Cl)c1. The molecule has 0 radical (unpaired) electrons. The van der Waals surface area contributed by atoms with Crippen molar-refractivity contribution in [1.82, 2.24) is 0 Å². The summed E-state index contributed by atoms with van der Waals surface area (Å²) in [6, 6.07) is 7.85. The van der Waals surface area contributed by atoms with Crippen LogP contribution in [0.2, 0.25) is 10.0 Å². The van der Waals surface area contributed by atoms with Crippen LogP contribution in [0.15, 0.2) is 30.3 Å². The van der Waals surface area contributed by atoms with Crippen LogP contribution >= 0.6 is 23.2 Å². The zero-order chi connectivity index (χ0) is 19.4. The van der Waals surface area contributed by atoms with Crippen molar-refractivity contribution in [3.63, 3.8) is 0 Å². The number of benzene rings is 2. The number of ether oxygens (including phenoxy) is 1. The van der Waals surface area contributed by atoms with Gasteiger partial charge < -0.3 is 15.2 Å². The predicted molar refractivity (Wildman–Crippen MR) is 103 cm³/mol. The highest BCUT2D eigenvalue weighted by Gasteiger charge is 2.15. The Morgan fingerprint density at radius 1 is 1.15 bits per heavy atom. The van der Waals surface area contributed by atoms with Crippen LogP contribution in [-0.2, 0) is 9.59 Å². The van der Waals surface area contributed by atoms with Gasteiger partial charge in [0.1, 0.15) is 17.3 Å². The number of ketones is 1. The van der Waals surface area contributed by atoms with Crippen molar-refractivity contribution in [3.05, 3.63) is 45.9 Å². The number of carbonyl (C=O) groups excluding carboxylic acids is 2. The van der Waals surface area contributed by atoms with Gasteiger partial charge in [-0.1, -0.05) is 37.0 Å². The summed E-state index contributed by atoms with van der Waals surface area (Å²) >= 11 is 12.5. The third-order valence-electron chi connectivity index (χ3n) is 3.53. The first-order valence-electron chi connectivity index (χ1n) is 7.96. The van der Waals surface area contributed by atoms with E-state index in [1.54, 1.807) is 18.2 Å². The van der Waals surface area contributed by atoms with Gasteiger partial charge in [-0.25, -0.2) is 0 Å². The summed E-state index contributed by atoms with van der Waals surface area (Å²) in [5.41, 5.74) is 1.11. The topological polar surface area (TPSA) is 75.6 Å². The highest BCUT2D eigenvalue weighted by atomic mass is 35.5. The van der Waals surface area contributed by atoms with E-state index in [1.807, 2.05) is 13.8 Å². The van der Waals surface area contributed by atoms with Gasteiger partial charge in [0.2, 0.25) is 5.91 Å². The maximum Gasteiger partial charge on any atom is 0.231 e. The van der Waals surface area contributed by atoms with Gasteiger partial charge in [0.15, 0.2) is 5.75 Å². The fraction of sp³-hybridized carbons (Fsp3) is 0.263. The molecule has 0 atom stereocenters. The Kier molecular flexibility index (Phi) is 6.51. The Bertz CT molecular complexity index is 826. The molecule has 0 spiro atoms. The largest absolute Gasteiger partial charge is 0.508 e. The third-order valence-corrected chi connectivity index (χ3v) is 4.09. The van der Waals surface area contributed by atoms with E-state index in [-0.39, 0.29) is 39.7 Å². The van der Waals surface area contributed by atoms with Crippen LogP contribution in [0.3, 0.4) is 0 Å². The lowest BCUT2D eigenvalue weighted by Crippen LogP contribution is -2.14. The van der Waals surface area contributed by atoms with Gasteiger partial charge in [0.05, 0.1) is 16.5 Å². The van der Waals surface area contributed by atoms with E-state index in [0.29, 0.717) is 11.4 Å². The molecule has 26 heavy (non-hydrogen) atoms. The first kappa shape index (κ1) is 20.1. The van der Waals surface area contributed by atoms with Gasteiger partial charge in [-0.05, 0) is 43.2 Å². The summed E-state index contributed by atoms with van der Waals surface area (Å²) in [7, 11) is 0. The number of phenols is 1. The van der Waals surface area contributed by atoms with Gasteiger partial charge in [-0.2, -0.15) is 0 Å². The second-order valence-corrected chi connectivity index (χ2v) is 6.99. The lowest BCUT2D eigenvalue weighted by atomic mass is 10.0. The lowest BCUT2D eigenvalue weighted by molar-refractivity contribution is -0.124. The minimum atomic E-state index is -0.446. The minimum absolute atomic E-state index is 0.114. The van der Waals surface area contributed by atoms with Gasteiger partial charge in [0.25, 0.3) is 0 Å². The molecule has 0 aliphatic carbocycles. The maximum absolute atomic E-state index is 11.7. The first-order chi connectivity index (χ1) is 12.2. The first-order valence-corrected chi connectivity index (χ1v) is 8.72. The number of amides is 1. The quantitative estimate of drug-likeness (QED) is 0.630. The highest BCUT2D eigenvalue weighted by Crippen LogP contribution is 2.40. The molecule has 0 aromatic heterocycles. The normalized spacial score (nSPS) is 10.7. The molecule has 0 saturated heterocycles. The van der Waals surface area contributed by atoms with Crippen LogP contribution in [-0.4, -0.2) is 16.8 Å². The van der Waals surface area contributed by atoms with Crippen molar-refractivity contribution in [1.29, 1.82) is 0 Å². The number of Topliss-reactive ketones (excluding diaryl/α,β-unsaturated/α-hetero) is 1. The second kappa shape index (κ2) is 8.43. The third kappa shape index (κ3) is 5.13. The number of rotatable bonds is 6. The molecule has 0 aliphatic heterocycles. The molecule has 7 heteroatoms. The molecule has 0 aliphatic rings. The summed E-state index contributed by atoms with van der Waals surface area (Å²) in [5.74, 6) is 0.324.